The molecule has 6 atom stereocenters. The van der Waals surface area contributed by atoms with Crippen LogP contribution in [0.25, 0.3) is 0 Å². The molecule has 0 aliphatic rings. The molecule has 0 heterocycles. The third-order valence-electron chi connectivity index (χ3n) is 14.8. The molecule has 0 amide bonds. The fraction of sp³-hybridized carbons (Fsp3) is 0.937. The Morgan fingerprint density at radius 2 is 0.622 bits per heavy atom. The molecule has 3 N–H and O–H groups in total. The van der Waals surface area contributed by atoms with Crippen molar-refractivity contribution in [3.8, 4) is 0 Å². The van der Waals surface area contributed by atoms with Crippen LogP contribution in [0.3, 0.4) is 0 Å². The number of hydrogen-bond donors (Lipinski definition) is 3. The Balaban J connectivity index is 5.13. The summed E-state index contributed by atoms with van der Waals surface area (Å²) in [5, 5.41) is 10.5. The first kappa shape index (κ1) is 80.1. The van der Waals surface area contributed by atoms with Gasteiger partial charge in [0.2, 0.25) is 0 Å². The van der Waals surface area contributed by atoms with Gasteiger partial charge in [0.25, 0.3) is 0 Å². The van der Waals surface area contributed by atoms with Crippen LogP contribution >= 0.6 is 15.6 Å². The molecule has 17 nitrogen and oxygen atoms in total. The van der Waals surface area contributed by atoms with Crippen molar-refractivity contribution in [3.63, 3.8) is 0 Å². The number of aliphatic hydroxyl groups is 1. The maximum Gasteiger partial charge on any atom is 0.472 e. The van der Waals surface area contributed by atoms with E-state index >= 15 is 0 Å². The van der Waals surface area contributed by atoms with Crippen molar-refractivity contribution >= 4 is 39.5 Å². The molecule has 0 saturated carbocycles. The van der Waals surface area contributed by atoms with Crippen molar-refractivity contribution in [1.82, 2.24) is 0 Å². The molecule has 0 aromatic carbocycles. The van der Waals surface area contributed by atoms with Gasteiger partial charge in [-0.1, -0.05) is 260 Å². The smallest absolute Gasteiger partial charge is 0.462 e. The largest absolute Gasteiger partial charge is 0.472 e. The van der Waals surface area contributed by atoms with Crippen LogP contribution in [0.1, 0.15) is 311 Å². The lowest BCUT2D eigenvalue weighted by molar-refractivity contribution is -0.161. The normalized spacial score (nSPS) is 14.7. The minimum Gasteiger partial charge on any atom is -0.462 e. The lowest BCUT2D eigenvalue weighted by Crippen LogP contribution is -2.30. The summed E-state index contributed by atoms with van der Waals surface area (Å²) in [5.41, 5.74) is 0. The maximum atomic E-state index is 13.0. The van der Waals surface area contributed by atoms with Gasteiger partial charge < -0.3 is 33.8 Å². The van der Waals surface area contributed by atoms with Crippen LogP contribution in [0.15, 0.2) is 0 Å². The quantitative estimate of drug-likeness (QED) is 0.0222. The third-order valence-corrected chi connectivity index (χ3v) is 16.7. The van der Waals surface area contributed by atoms with Crippen LogP contribution < -0.4 is 0 Å². The highest BCUT2D eigenvalue weighted by molar-refractivity contribution is 7.47. The van der Waals surface area contributed by atoms with Crippen molar-refractivity contribution < 1.29 is 80.2 Å². The molecule has 0 aliphatic carbocycles. The first-order chi connectivity index (χ1) is 39.4. The van der Waals surface area contributed by atoms with E-state index in [1.165, 1.54) is 116 Å². The minimum absolute atomic E-state index is 0.101. The van der Waals surface area contributed by atoms with Crippen LogP contribution in [0.2, 0.25) is 0 Å². The summed E-state index contributed by atoms with van der Waals surface area (Å²) in [6, 6.07) is 0. The molecule has 486 valence electrons. The molecule has 0 fully saturated rings. The number of esters is 4. The van der Waals surface area contributed by atoms with Crippen molar-refractivity contribution in [3.05, 3.63) is 0 Å². The number of unbranched alkanes of at least 4 members (excludes halogenated alkanes) is 31. The zero-order valence-electron chi connectivity index (χ0n) is 52.8. The number of ether oxygens (including phenoxy) is 4. The highest BCUT2D eigenvalue weighted by Gasteiger charge is 2.30. The SMILES string of the molecule is CCCCCCCCCCCCCCCCCCCCC(=O)O[C@H](COC(=O)CCCCCCCCC(C)CC)COP(=O)(O)OC[C@@H](O)COP(=O)(O)OC[C@@H](COC(=O)CCCCCCC)OC(=O)CCCCCCCCC(C)C. The zero-order valence-corrected chi connectivity index (χ0v) is 54.6. The van der Waals surface area contributed by atoms with Gasteiger partial charge in [-0.15, -0.1) is 0 Å². The summed E-state index contributed by atoms with van der Waals surface area (Å²) >= 11 is 0. The van der Waals surface area contributed by atoms with E-state index in [0.717, 1.165) is 109 Å². The lowest BCUT2D eigenvalue weighted by atomic mass is 10.00. The van der Waals surface area contributed by atoms with E-state index in [0.29, 0.717) is 31.6 Å². The van der Waals surface area contributed by atoms with Crippen LogP contribution in [0.5, 0.6) is 0 Å². The predicted molar refractivity (Wildman–Crippen MR) is 326 cm³/mol. The standard InChI is InChI=1S/C63H122O17P2/c1-7-10-12-14-15-16-17-18-19-20-21-22-23-24-25-26-35-41-47-62(67)79-59(52-74-61(66)46-40-34-30-28-33-38-44-56(6)9-3)54-78-82(71,72)76-50-57(64)49-75-81(69,70)77-53-58(51-73-60(65)45-39-31-13-11-8-2)80-63(68)48-42-36-29-27-32-37-43-55(4)5/h55-59,64H,7-54H2,1-6H3,(H,69,70)(H,71,72)/t56?,57-,58+,59+/m0/s1. The Bertz CT molecular complexity index is 1620. The van der Waals surface area contributed by atoms with E-state index < -0.39 is 97.5 Å². The highest BCUT2D eigenvalue weighted by atomic mass is 31.2. The molecular formula is C63H122O17P2. The molecule has 0 saturated heterocycles. The summed E-state index contributed by atoms with van der Waals surface area (Å²) in [5.74, 6) is -0.751. The van der Waals surface area contributed by atoms with Gasteiger partial charge in [-0.2, -0.15) is 0 Å². The Hall–Kier alpha value is -1.94. The average Bonchev–Trinajstić information content (AvgIpc) is 3.45. The number of carbonyl (C=O) groups excluding carboxylic acids is 4. The van der Waals surface area contributed by atoms with Crippen molar-refractivity contribution in [1.29, 1.82) is 0 Å². The maximum absolute atomic E-state index is 13.0. The van der Waals surface area contributed by atoms with Crippen molar-refractivity contribution in [2.45, 2.75) is 330 Å². The first-order valence-corrected chi connectivity index (χ1v) is 36.0. The van der Waals surface area contributed by atoms with Gasteiger partial charge in [0, 0.05) is 25.7 Å². The number of aliphatic hydroxyl groups excluding tert-OH is 1. The van der Waals surface area contributed by atoms with Gasteiger partial charge in [-0.05, 0) is 37.5 Å². The Labute approximate surface area is 498 Å². The van der Waals surface area contributed by atoms with Crippen LogP contribution in [0, 0.1) is 11.8 Å². The number of phosphoric ester groups is 2. The molecule has 0 spiro atoms. The fourth-order valence-corrected chi connectivity index (χ4v) is 10.9. The number of hydrogen-bond acceptors (Lipinski definition) is 15. The fourth-order valence-electron chi connectivity index (χ4n) is 9.32. The minimum atomic E-state index is -4.94. The number of carbonyl (C=O) groups is 4. The summed E-state index contributed by atoms with van der Waals surface area (Å²) in [7, 11) is -9.88. The predicted octanol–water partition coefficient (Wildman–Crippen LogP) is 17.3. The molecule has 19 heteroatoms. The zero-order chi connectivity index (χ0) is 60.8. The second kappa shape index (κ2) is 55.6. The van der Waals surface area contributed by atoms with E-state index in [1.807, 2.05) is 0 Å². The molecule has 0 rings (SSSR count). The second-order valence-corrected chi connectivity index (χ2v) is 26.4. The van der Waals surface area contributed by atoms with E-state index in [2.05, 4.69) is 41.5 Å². The number of rotatable bonds is 62. The topological polar surface area (TPSA) is 237 Å². The van der Waals surface area contributed by atoms with Gasteiger partial charge in [0.05, 0.1) is 26.4 Å². The van der Waals surface area contributed by atoms with Crippen molar-refractivity contribution in [2.24, 2.45) is 11.8 Å². The Morgan fingerprint density at radius 3 is 0.927 bits per heavy atom. The first-order valence-electron chi connectivity index (χ1n) is 33.0. The average molecular weight is 1210 g/mol. The molecule has 0 aromatic heterocycles. The van der Waals surface area contributed by atoms with Gasteiger partial charge in [0.15, 0.2) is 12.2 Å². The molecule has 0 aromatic rings. The van der Waals surface area contributed by atoms with Crippen LogP contribution in [-0.4, -0.2) is 96.7 Å². The van der Waals surface area contributed by atoms with Gasteiger partial charge in [-0.3, -0.25) is 37.3 Å². The lowest BCUT2D eigenvalue weighted by Gasteiger charge is -2.21. The van der Waals surface area contributed by atoms with E-state index in [4.69, 9.17) is 37.0 Å². The van der Waals surface area contributed by atoms with Gasteiger partial charge >= 0.3 is 39.5 Å². The molecule has 82 heavy (non-hydrogen) atoms. The Morgan fingerprint density at radius 1 is 0.354 bits per heavy atom. The summed E-state index contributed by atoms with van der Waals surface area (Å²) < 4.78 is 67.7. The molecule has 0 bridgehead atoms. The van der Waals surface area contributed by atoms with Crippen LogP contribution in [0.4, 0.5) is 0 Å². The third kappa shape index (κ3) is 55.9. The Kier molecular flexibility index (Phi) is 54.3. The monoisotopic (exact) mass is 1210 g/mol. The van der Waals surface area contributed by atoms with Crippen LogP contribution in [-0.2, 0) is 65.4 Å². The molecule has 0 radical (unpaired) electrons. The second-order valence-electron chi connectivity index (χ2n) is 23.5. The van der Waals surface area contributed by atoms with E-state index in [1.54, 1.807) is 0 Å². The summed E-state index contributed by atoms with van der Waals surface area (Å²) in [6.07, 6.45) is 38.3. The van der Waals surface area contributed by atoms with E-state index in [-0.39, 0.29) is 25.7 Å². The van der Waals surface area contributed by atoms with Gasteiger partial charge in [0.1, 0.15) is 19.3 Å². The molecule has 0 aliphatic heterocycles. The molecule has 3 unspecified atom stereocenters. The highest BCUT2D eigenvalue weighted by Crippen LogP contribution is 2.45. The number of phosphoric acid groups is 2. The van der Waals surface area contributed by atoms with E-state index in [9.17, 15) is 43.2 Å². The molecular weight excluding hydrogens is 1090 g/mol. The van der Waals surface area contributed by atoms with Gasteiger partial charge in [-0.25, -0.2) is 9.13 Å². The summed E-state index contributed by atoms with van der Waals surface area (Å²) in [4.78, 5) is 71.8. The van der Waals surface area contributed by atoms with Crippen molar-refractivity contribution in [2.75, 3.05) is 39.6 Å². The summed E-state index contributed by atoms with van der Waals surface area (Å²) in [6.45, 7) is 9.26.